The van der Waals surface area contributed by atoms with Gasteiger partial charge in [-0.25, -0.2) is 0 Å². The first-order valence-corrected chi connectivity index (χ1v) is 6.93. The van der Waals surface area contributed by atoms with Gasteiger partial charge in [0.15, 0.2) is 0 Å². The third-order valence-corrected chi connectivity index (χ3v) is 4.41. The van der Waals surface area contributed by atoms with E-state index in [9.17, 15) is 4.79 Å². The molecule has 2 rings (SSSR count). The number of nitrogens with zero attached hydrogens (tertiary/aromatic N) is 1. The molecule has 104 valence electrons. The van der Waals surface area contributed by atoms with E-state index < -0.39 is 5.41 Å². The number of carbonyl (C=O) groups excluding carboxylic acids is 1. The second-order valence-corrected chi connectivity index (χ2v) is 5.72. The number of piperidine rings is 1. The standard InChI is InChI=1S/C13H25N3O2/c1-3-16-6-4-10(5-7-16)15-12(17)13(2)9-18-8-11(13)14/h10-11H,3-9,14H2,1-2H3,(H,15,17). The van der Waals surface area contributed by atoms with Crippen molar-refractivity contribution in [2.24, 2.45) is 11.1 Å². The van der Waals surface area contributed by atoms with Crippen LogP contribution in [0.4, 0.5) is 0 Å². The molecule has 2 atom stereocenters. The van der Waals surface area contributed by atoms with E-state index in [0.717, 1.165) is 32.5 Å². The zero-order valence-electron chi connectivity index (χ0n) is 11.4. The Kier molecular flexibility index (Phi) is 4.25. The molecule has 18 heavy (non-hydrogen) atoms. The van der Waals surface area contributed by atoms with Crippen LogP contribution in [0.5, 0.6) is 0 Å². The van der Waals surface area contributed by atoms with Crippen LogP contribution < -0.4 is 11.1 Å². The summed E-state index contributed by atoms with van der Waals surface area (Å²) in [6, 6.07) is 0.109. The third-order valence-electron chi connectivity index (χ3n) is 4.41. The Morgan fingerprint density at radius 1 is 1.50 bits per heavy atom. The van der Waals surface area contributed by atoms with Crippen molar-refractivity contribution >= 4 is 5.91 Å². The topological polar surface area (TPSA) is 67.6 Å². The first kappa shape index (κ1) is 13.8. The van der Waals surface area contributed by atoms with Crippen molar-refractivity contribution in [3.63, 3.8) is 0 Å². The van der Waals surface area contributed by atoms with Crippen molar-refractivity contribution in [1.82, 2.24) is 10.2 Å². The van der Waals surface area contributed by atoms with Crippen LogP contribution in [0.25, 0.3) is 0 Å². The predicted octanol–water partition coefficient (Wildman–Crippen LogP) is -0.0493. The monoisotopic (exact) mass is 255 g/mol. The molecule has 0 aromatic heterocycles. The van der Waals surface area contributed by atoms with Crippen LogP contribution in [0.3, 0.4) is 0 Å². The lowest BCUT2D eigenvalue weighted by molar-refractivity contribution is -0.131. The van der Waals surface area contributed by atoms with Gasteiger partial charge in [-0.1, -0.05) is 6.92 Å². The second-order valence-electron chi connectivity index (χ2n) is 5.72. The summed E-state index contributed by atoms with van der Waals surface area (Å²) in [6.45, 7) is 8.24. The lowest BCUT2D eigenvalue weighted by atomic mass is 9.84. The van der Waals surface area contributed by atoms with Crippen LogP contribution in [-0.4, -0.2) is 55.7 Å². The number of likely N-dealkylation sites (tertiary alicyclic amines) is 1. The van der Waals surface area contributed by atoms with Gasteiger partial charge in [0.25, 0.3) is 0 Å². The van der Waals surface area contributed by atoms with Crippen LogP contribution in [0.1, 0.15) is 26.7 Å². The normalized spacial score (nSPS) is 34.7. The Morgan fingerprint density at radius 2 is 2.17 bits per heavy atom. The highest BCUT2D eigenvalue weighted by molar-refractivity contribution is 5.83. The van der Waals surface area contributed by atoms with Crippen molar-refractivity contribution < 1.29 is 9.53 Å². The Balaban J connectivity index is 1.85. The molecular weight excluding hydrogens is 230 g/mol. The molecule has 2 aliphatic heterocycles. The van der Waals surface area contributed by atoms with E-state index in [0.29, 0.717) is 19.3 Å². The fourth-order valence-electron chi connectivity index (χ4n) is 2.67. The number of nitrogens with two attached hydrogens (primary N) is 1. The van der Waals surface area contributed by atoms with Crippen molar-refractivity contribution in [2.75, 3.05) is 32.8 Å². The second kappa shape index (κ2) is 5.55. The smallest absolute Gasteiger partial charge is 0.230 e. The van der Waals surface area contributed by atoms with Crippen molar-refractivity contribution in [3.05, 3.63) is 0 Å². The van der Waals surface area contributed by atoms with Crippen molar-refractivity contribution in [3.8, 4) is 0 Å². The number of carbonyl (C=O) groups is 1. The summed E-state index contributed by atoms with van der Waals surface area (Å²) in [7, 11) is 0. The van der Waals surface area contributed by atoms with E-state index in [1.165, 1.54) is 0 Å². The molecule has 3 N–H and O–H groups in total. The highest BCUT2D eigenvalue weighted by atomic mass is 16.5. The van der Waals surface area contributed by atoms with Crippen LogP contribution in [-0.2, 0) is 9.53 Å². The van der Waals surface area contributed by atoms with Gasteiger partial charge < -0.3 is 20.7 Å². The van der Waals surface area contributed by atoms with Crippen LogP contribution in [0, 0.1) is 5.41 Å². The SMILES string of the molecule is CCN1CCC(NC(=O)C2(C)COCC2N)CC1. The first-order valence-electron chi connectivity index (χ1n) is 6.93. The van der Waals surface area contributed by atoms with E-state index in [4.69, 9.17) is 10.5 Å². The minimum absolute atomic E-state index is 0.0578. The zero-order valence-corrected chi connectivity index (χ0v) is 11.4. The highest BCUT2D eigenvalue weighted by Crippen LogP contribution is 2.27. The molecule has 2 unspecified atom stereocenters. The Bertz CT molecular complexity index is 303. The van der Waals surface area contributed by atoms with E-state index in [2.05, 4.69) is 17.1 Å². The number of nitrogens with one attached hydrogen (secondary N) is 1. The van der Waals surface area contributed by atoms with Gasteiger partial charge in [0.05, 0.1) is 18.6 Å². The third kappa shape index (κ3) is 2.68. The summed E-state index contributed by atoms with van der Waals surface area (Å²) in [5.41, 5.74) is 5.42. The number of ether oxygens (including phenoxy) is 1. The molecule has 0 saturated carbocycles. The molecule has 0 spiro atoms. The number of rotatable bonds is 3. The molecule has 5 heteroatoms. The molecule has 2 heterocycles. The highest BCUT2D eigenvalue weighted by Gasteiger charge is 2.44. The molecule has 1 amide bonds. The largest absolute Gasteiger partial charge is 0.379 e. The van der Waals surface area contributed by atoms with Gasteiger partial charge in [-0.15, -0.1) is 0 Å². The summed E-state index contributed by atoms with van der Waals surface area (Å²) in [4.78, 5) is 14.7. The van der Waals surface area contributed by atoms with Gasteiger partial charge in [0, 0.05) is 25.2 Å². The van der Waals surface area contributed by atoms with Gasteiger partial charge in [-0.3, -0.25) is 4.79 Å². The average Bonchev–Trinajstić information content (AvgIpc) is 2.72. The van der Waals surface area contributed by atoms with Crippen LogP contribution >= 0.6 is 0 Å². The van der Waals surface area contributed by atoms with Gasteiger partial charge in [-0.2, -0.15) is 0 Å². The van der Waals surface area contributed by atoms with Gasteiger partial charge >= 0.3 is 0 Å². The van der Waals surface area contributed by atoms with E-state index in [-0.39, 0.29) is 11.9 Å². The van der Waals surface area contributed by atoms with Crippen molar-refractivity contribution in [2.45, 2.75) is 38.8 Å². The summed E-state index contributed by atoms with van der Waals surface area (Å²) in [6.07, 6.45) is 2.07. The lowest BCUT2D eigenvalue weighted by Crippen LogP contribution is -2.54. The maximum absolute atomic E-state index is 12.3. The minimum atomic E-state index is -0.554. The molecule has 0 aromatic carbocycles. The maximum Gasteiger partial charge on any atom is 0.230 e. The molecule has 2 aliphatic rings. The van der Waals surface area contributed by atoms with E-state index in [1.54, 1.807) is 0 Å². The Morgan fingerprint density at radius 3 is 2.67 bits per heavy atom. The molecule has 0 aliphatic carbocycles. The fourth-order valence-corrected chi connectivity index (χ4v) is 2.67. The number of amides is 1. The maximum atomic E-state index is 12.3. The fraction of sp³-hybridized carbons (Fsp3) is 0.923. The number of hydrogen-bond donors (Lipinski definition) is 2. The molecule has 2 saturated heterocycles. The number of hydrogen-bond acceptors (Lipinski definition) is 4. The van der Waals surface area contributed by atoms with Crippen molar-refractivity contribution in [1.29, 1.82) is 0 Å². The quantitative estimate of drug-likeness (QED) is 0.742. The zero-order chi connectivity index (χ0) is 13.2. The van der Waals surface area contributed by atoms with E-state index in [1.807, 2.05) is 6.92 Å². The van der Waals surface area contributed by atoms with Crippen LogP contribution in [0.2, 0.25) is 0 Å². The molecular formula is C13H25N3O2. The van der Waals surface area contributed by atoms with Gasteiger partial charge in [0.1, 0.15) is 0 Å². The molecule has 0 aromatic rings. The summed E-state index contributed by atoms with van der Waals surface area (Å²) >= 11 is 0. The summed E-state index contributed by atoms with van der Waals surface area (Å²) < 4.78 is 5.32. The lowest BCUT2D eigenvalue weighted by Gasteiger charge is -2.34. The summed E-state index contributed by atoms with van der Waals surface area (Å²) in [5, 5.41) is 3.15. The molecule has 5 nitrogen and oxygen atoms in total. The average molecular weight is 255 g/mol. The molecule has 0 radical (unpaired) electrons. The first-order chi connectivity index (χ1) is 8.56. The molecule has 2 fully saturated rings. The molecule has 0 bridgehead atoms. The predicted molar refractivity (Wildman–Crippen MR) is 70.2 cm³/mol. The van der Waals surface area contributed by atoms with Gasteiger partial charge in [0.2, 0.25) is 5.91 Å². The Hall–Kier alpha value is -0.650. The Labute approximate surface area is 109 Å². The summed E-state index contributed by atoms with van der Waals surface area (Å²) in [5.74, 6) is 0.0578. The van der Waals surface area contributed by atoms with E-state index >= 15 is 0 Å². The van der Waals surface area contributed by atoms with Gasteiger partial charge in [-0.05, 0) is 26.3 Å². The van der Waals surface area contributed by atoms with Crippen LogP contribution in [0.15, 0.2) is 0 Å². The minimum Gasteiger partial charge on any atom is -0.379 e.